The summed E-state index contributed by atoms with van der Waals surface area (Å²) in [4.78, 5) is 102. The lowest BCUT2D eigenvalue weighted by Gasteiger charge is -2.36. The van der Waals surface area contributed by atoms with Gasteiger partial charge in [0.15, 0.2) is 11.6 Å². The number of anilines is 1. The summed E-state index contributed by atoms with van der Waals surface area (Å²) in [6.07, 6.45) is 0.734. The van der Waals surface area contributed by atoms with E-state index in [-0.39, 0.29) is 47.3 Å². The topological polar surface area (TPSA) is 272 Å². The predicted molar refractivity (Wildman–Crippen MR) is 177 cm³/mol. The standard InChI is InChI=1S/C30H39FN4O15P2/c1-15(49-23(37)7-3-6-22(36)32-29(51(42,43)44)52(45,46)47)50-30(41)34-10-4-5-16-12-33(14-21(16)34)25-20(31)11-18-24(27(25)48-2)35(17-8-9-17)13-19(26(18)38)28(39)40/h11,13,15-17,21,29H,3-10,12,14H2,1-2H3,(H,32,36)(H,39,40)(H2,42,43,44)(H2,45,46,47)/t15?,16-,21+/m0/s1. The Hall–Kier alpha value is -4.06. The largest absolute Gasteiger partial charge is 0.492 e. The van der Waals surface area contributed by atoms with E-state index in [0.717, 1.165) is 18.9 Å². The number of pyridine rings is 1. The highest BCUT2D eigenvalue weighted by molar-refractivity contribution is 7.70. The van der Waals surface area contributed by atoms with Crippen molar-refractivity contribution in [2.75, 3.05) is 31.6 Å². The molecule has 52 heavy (non-hydrogen) atoms. The van der Waals surface area contributed by atoms with Crippen LogP contribution in [0.3, 0.4) is 0 Å². The number of nitrogens with zero attached hydrogens (tertiary/aromatic N) is 3. The molecule has 2 aliphatic heterocycles. The van der Waals surface area contributed by atoms with Crippen molar-refractivity contribution in [3.8, 4) is 5.75 Å². The molecule has 5 rings (SSSR count). The first-order chi connectivity index (χ1) is 24.3. The van der Waals surface area contributed by atoms with Crippen molar-refractivity contribution < 1.29 is 71.6 Å². The van der Waals surface area contributed by atoms with Crippen molar-refractivity contribution in [3.05, 3.63) is 33.9 Å². The summed E-state index contributed by atoms with van der Waals surface area (Å²) in [7, 11) is -9.44. The second kappa shape index (κ2) is 15.1. The second-order valence-electron chi connectivity index (χ2n) is 12.9. The van der Waals surface area contributed by atoms with Gasteiger partial charge in [0, 0.05) is 51.6 Å². The predicted octanol–water partition coefficient (Wildman–Crippen LogP) is 2.03. The molecule has 2 amide bonds. The molecule has 3 aliphatic rings. The van der Waals surface area contributed by atoms with Crippen LogP contribution in [-0.2, 0) is 28.2 Å². The lowest BCUT2D eigenvalue weighted by Crippen LogP contribution is -2.49. The number of fused-ring (bicyclic) bond motifs is 2. The van der Waals surface area contributed by atoms with Crippen LogP contribution < -0.4 is 20.4 Å². The molecular weight excluding hydrogens is 737 g/mol. The Morgan fingerprint density at radius 1 is 1.04 bits per heavy atom. The fraction of sp³-hybridized carbons (Fsp3) is 0.567. The molecule has 1 unspecified atom stereocenters. The summed E-state index contributed by atoms with van der Waals surface area (Å²) >= 11 is 0. The molecule has 0 spiro atoms. The molecule has 2 saturated heterocycles. The van der Waals surface area contributed by atoms with E-state index in [1.165, 1.54) is 25.1 Å². The summed E-state index contributed by atoms with van der Waals surface area (Å²) < 4.78 is 56.4. The van der Waals surface area contributed by atoms with Gasteiger partial charge in [0.25, 0.3) is 0 Å². The Balaban J connectivity index is 1.22. The second-order valence-corrected chi connectivity index (χ2v) is 16.7. The molecular formula is C30H39FN4O15P2. The first kappa shape index (κ1) is 39.2. The maximum absolute atomic E-state index is 15.9. The van der Waals surface area contributed by atoms with E-state index in [9.17, 15) is 38.2 Å². The molecule has 1 aliphatic carbocycles. The minimum absolute atomic E-state index is 0.0737. The summed E-state index contributed by atoms with van der Waals surface area (Å²) in [6.45, 7) is 2.08. The van der Waals surface area contributed by atoms with E-state index in [1.807, 2.05) is 0 Å². The summed E-state index contributed by atoms with van der Waals surface area (Å²) in [5.74, 6) is -4.27. The molecule has 19 nitrogen and oxygen atoms in total. The van der Waals surface area contributed by atoms with Gasteiger partial charge in [0.1, 0.15) is 11.3 Å². The number of esters is 1. The fourth-order valence-corrected chi connectivity index (χ4v) is 8.96. The average Bonchev–Trinajstić information content (AvgIpc) is 3.79. The highest BCUT2D eigenvalue weighted by Crippen LogP contribution is 2.58. The first-order valence-electron chi connectivity index (χ1n) is 16.3. The lowest BCUT2D eigenvalue weighted by molar-refractivity contribution is -0.166. The summed E-state index contributed by atoms with van der Waals surface area (Å²) in [5.41, 5.74) is -3.68. The zero-order valence-corrected chi connectivity index (χ0v) is 29.8. The zero-order valence-electron chi connectivity index (χ0n) is 28.0. The number of piperidine rings is 1. The number of rotatable bonds is 13. The number of carboxylic acids is 1. The Kier molecular flexibility index (Phi) is 11.4. The van der Waals surface area contributed by atoms with E-state index < -0.39 is 86.6 Å². The number of likely N-dealkylation sites (tertiary alicyclic amines) is 1. The van der Waals surface area contributed by atoms with Crippen LogP contribution in [0.25, 0.3) is 10.9 Å². The van der Waals surface area contributed by atoms with E-state index in [1.54, 1.807) is 14.8 Å². The molecule has 0 radical (unpaired) electrons. The van der Waals surface area contributed by atoms with E-state index in [0.29, 0.717) is 25.9 Å². The number of benzene rings is 1. The normalized spacial score (nSPS) is 19.7. The van der Waals surface area contributed by atoms with Gasteiger partial charge in [-0.05, 0) is 44.1 Å². The minimum Gasteiger partial charge on any atom is -0.492 e. The van der Waals surface area contributed by atoms with Gasteiger partial charge in [-0.2, -0.15) is 0 Å². The van der Waals surface area contributed by atoms with Crippen LogP contribution in [-0.4, -0.2) is 103 Å². The van der Waals surface area contributed by atoms with Gasteiger partial charge in [-0.15, -0.1) is 0 Å². The van der Waals surface area contributed by atoms with E-state index in [4.69, 9.17) is 33.8 Å². The Labute approximate surface area is 294 Å². The third-order valence-corrected chi connectivity index (χ3v) is 12.5. The maximum Gasteiger partial charge on any atom is 0.413 e. The molecule has 3 atom stereocenters. The number of aromatic carboxylic acids is 1. The van der Waals surface area contributed by atoms with Gasteiger partial charge >= 0.3 is 33.2 Å². The van der Waals surface area contributed by atoms with Gasteiger partial charge < -0.3 is 58.6 Å². The van der Waals surface area contributed by atoms with Gasteiger partial charge in [-0.25, -0.2) is 14.0 Å². The van der Waals surface area contributed by atoms with Crippen molar-refractivity contribution in [2.24, 2.45) is 5.92 Å². The molecule has 1 aromatic heterocycles. The SMILES string of the molecule is COc1c(N2C[C@@H]3CCCN(C(=O)OC(C)OC(=O)CCCC(=O)NC(P(=O)(O)O)P(=O)(O)O)[C@@H]3C2)c(F)cc2c(=O)c(C(=O)O)cn(C3CC3)c12. The van der Waals surface area contributed by atoms with Crippen LogP contribution in [0.1, 0.15) is 68.3 Å². The number of carbonyl (C=O) groups excluding carboxylic acids is 3. The highest BCUT2D eigenvalue weighted by Gasteiger charge is 2.45. The van der Waals surface area contributed by atoms with Crippen molar-refractivity contribution in [3.63, 3.8) is 0 Å². The molecule has 2 aromatic rings. The van der Waals surface area contributed by atoms with Crippen LogP contribution in [0.4, 0.5) is 14.9 Å². The quantitative estimate of drug-likeness (QED) is 0.0965. The number of nitrogens with one attached hydrogen (secondary N) is 1. The number of carboxylic acid groups (broad SMARTS) is 1. The minimum atomic E-state index is -5.39. The van der Waals surface area contributed by atoms with E-state index in [2.05, 4.69) is 0 Å². The Morgan fingerprint density at radius 2 is 1.71 bits per heavy atom. The van der Waals surface area contributed by atoms with Crippen molar-refractivity contribution >= 4 is 55.7 Å². The summed E-state index contributed by atoms with van der Waals surface area (Å²) in [6, 6.07) is 0.505. The third kappa shape index (κ3) is 8.43. The van der Waals surface area contributed by atoms with Crippen LogP contribution in [0.5, 0.6) is 5.75 Å². The van der Waals surface area contributed by atoms with Gasteiger partial charge in [0.05, 0.1) is 24.1 Å². The monoisotopic (exact) mass is 776 g/mol. The molecule has 1 aromatic carbocycles. The van der Waals surface area contributed by atoms with Crippen molar-refractivity contribution in [1.82, 2.24) is 14.8 Å². The van der Waals surface area contributed by atoms with Gasteiger partial charge in [0.2, 0.25) is 23.2 Å². The highest BCUT2D eigenvalue weighted by atomic mass is 31.2. The lowest BCUT2D eigenvalue weighted by atomic mass is 9.92. The Morgan fingerprint density at radius 3 is 2.31 bits per heavy atom. The van der Waals surface area contributed by atoms with Crippen LogP contribution >= 0.6 is 15.2 Å². The van der Waals surface area contributed by atoms with Crippen molar-refractivity contribution in [1.29, 1.82) is 0 Å². The number of ether oxygens (including phenoxy) is 3. The van der Waals surface area contributed by atoms with E-state index >= 15 is 4.39 Å². The number of methoxy groups -OCH3 is 1. The molecule has 6 N–H and O–H groups in total. The number of hydrogen-bond acceptors (Lipinski definition) is 11. The molecule has 286 valence electrons. The summed E-state index contributed by atoms with van der Waals surface area (Å²) in [5, 5.41) is 11.1. The average molecular weight is 777 g/mol. The number of aromatic nitrogens is 1. The van der Waals surface area contributed by atoms with Gasteiger partial charge in [-0.1, -0.05) is 0 Å². The smallest absolute Gasteiger partial charge is 0.413 e. The fourth-order valence-electron chi connectivity index (χ4n) is 6.77. The number of hydrogen-bond donors (Lipinski definition) is 6. The molecule has 0 bridgehead atoms. The maximum atomic E-state index is 15.9. The van der Waals surface area contributed by atoms with Crippen LogP contribution in [0.2, 0.25) is 0 Å². The molecule has 1 saturated carbocycles. The molecule has 3 heterocycles. The van der Waals surface area contributed by atoms with Gasteiger partial charge in [-0.3, -0.25) is 23.5 Å². The third-order valence-electron chi connectivity index (χ3n) is 9.18. The van der Waals surface area contributed by atoms with Crippen LogP contribution in [0.15, 0.2) is 17.1 Å². The molecule has 3 fully saturated rings. The first-order valence-corrected chi connectivity index (χ1v) is 19.7. The number of halogens is 1. The number of amides is 2. The number of carbonyl (C=O) groups is 4. The Bertz CT molecular complexity index is 1900. The van der Waals surface area contributed by atoms with Crippen molar-refractivity contribution in [2.45, 2.75) is 75.8 Å². The molecule has 22 heteroatoms. The van der Waals surface area contributed by atoms with Crippen LogP contribution in [0, 0.1) is 11.7 Å². The zero-order chi connectivity index (χ0) is 38.3.